The summed E-state index contributed by atoms with van der Waals surface area (Å²) in [4.78, 5) is 26.8. The summed E-state index contributed by atoms with van der Waals surface area (Å²) in [5, 5.41) is 0. The molecule has 0 bridgehead atoms. The van der Waals surface area contributed by atoms with E-state index >= 15 is 0 Å². The summed E-state index contributed by atoms with van der Waals surface area (Å²) in [5.41, 5.74) is 1.05. The summed E-state index contributed by atoms with van der Waals surface area (Å²) in [6.45, 7) is 4.24. The van der Waals surface area contributed by atoms with Gasteiger partial charge in [-0.1, -0.05) is 12.1 Å². The lowest BCUT2D eigenvalue weighted by molar-refractivity contribution is -0.135. The van der Waals surface area contributed by atoms with Crippen LogP contribution in [0.1, 0.15) is 13.3 Å². The second-order valence-electron chi connectivity index (χ2n) is 4.92. The lowest BCUT2D eigenvalue weighted by Crippen LogP contribution is -2.49. The zero-order valence-corrected chi connectivity index (χ0v) is 12.0. The van der Waals surface area contributed by atoms with E-state index in [1.165, 1.54) is 6.92 Å². The Hall–Kier alpha value is -2.04. The molecule has 1 fully saturated rings. The van der Waals surface area contributed by atoms with Gasteiger partial charge in [-0.2, -0.15) is 0 Å². The molecule has 0 unspecified atom stereocenters. The largest absolute Gasteiger partial charge is 0.495 e. The van der Waals surface area contributed by atoms with Crippen LogP contribution in [-0.4, -0.2) is 49.9 Å². The summed E-state index contributed by atoms with van der Waals surface area (Å²) in [5.74, 6) is 0.690. The van der Waals surface area contributed by atoms with Gasteiger partial charge in [-0.3, -0.25) is 9.59 Å². The average Bonchev–Trinajstić information content (AvgIpc) is 2.46. The predicted molar refractivity (Wildman–Crippen MR) is 77.1 cm³/mol. The Bertz CT molecular complexity index is 494. The molecule has 2 rings (SSSR count). The molecule has 1 aromatic carbocycles. The van der Waals surface area contributed by atoms with Gasteiger partial charge in [0.25, 0.3) is 0 Å². The Morgan fingerprint density at radius 3 is 2.40 bits per heavy atom. The minimum atomic E-state index is -0.0813. The summed E-state index contributed by atoms with van der Waals surface area (Å²) in [6.07, 6.45) is 0.00859. The number of carbonyl (C=O) groups excluding carboxylic acids is 2. The van der Waals surface area contributed by atoms with Crippen LogP contribution < -0.4 is 9.64 Å². The van der Waals surface area contributed by atoms with Crippen LogP contribution in [0.15, 0.2) is 24.3 Å². The normalized spacial score (nSPS) is 15.1. The Kier molecular flexibility index (Phi) is 4.61. The maximum absolute atomic E-state index is 11.8. The fourth-order valence-corrected chi connectivity index (χ4v) is 2.41. The number of methoxy groups -OCH3 is 1. The third-order valence-electron chi connectivity index (χ3n) is 3.46. The van der Waals surface area contributed by atoms with Gasteiger partial charge in [0.1, 0.15) is 11.5 Å². The molecule has 1 aliphatic heterocycles. The average molecular weight is 276 g/mol. The second kappa shape index (κ2) is 6.41. The lowest BCUT2D eigenvalue weighted by Gasteiger charge is -2.36. The summed E-state index contributed by atoms with van der Waals surface area (Å²) < 4.78 is 5.36. The molecule has 0 atom stereocenters. The molecule has 1 amide bonds. The monoisotopic (exact) mass is 276 g/mol. The maximum Gasteiger partial charge on any atom is 0.230 e. The molecule has 0 N–H and O–H groups in total. The standard InChI is InChI=1S/C15H20N2O3/c1-12(18)11-15(19)17-9-7-16(8-10-17)13-5-3-4-6-14(13)20-2/h3-6H,7-11H2,1-2H3. The van der Waals surface area contributed by atoms with E-state index in [1.54, 1.807) is 12.0 Å². The number of piperazine rings is 1. The molecule has 5 nitrogen and oxygen atoms in total. The van der Waals surface area contributed by atoms with Crippen molar-refractivity contribution in [1.82, 2.24) is 4.90 Å². The van der Waals surface area contributed by atoms with Crippen LogP contribution in [0.2, 0.25) is 0 Å². The highest BCUT2D eigenvalue weighted by molar-refractivity contribution is 5.96. The van der Waals surface area contributed by atoms with Gasteiger partial charge in [0, 0.05) is 26.2 Å². The first-order chi connectivity index (χ1) is 9.61. The third kappa shape index (κ3) is 3.29. The molecular formula is C15H20N2O3. The van der Waals surface area contributed by atoms with Gasteiger partial charge in [0.15, 0.2) is 0 Å². The summed E-state index contributed by atoms with van der Waals surface area (Å²) in [6, 6.07) is 7.87. The van der Waals surface area contributed by atoms with E-state index in [2.05, 4.69) is 4.90 Å². The minimum absolute atomic E-state index is 0.00859. The molecule has 1 heterocycles. The van der Waals surface area contributed by atoms with Gasteiger partial charge < -0.3 is 14.5 Å². The number of hydrogen-bond acceptors (Lipinski definition) is 4. The van der Waals surface area contributed by atoms with Crippen LogP contribution >= 0.6 is 0 Å². The molecule has 108 valence electrons. The smallest absolute Gasteiger partial charge is 0.230 e. The molecule has 0 saturated carbocycles. The number of ketones is 1. The third-order valence-corrected chi connectivity index (χ3v) is 3.46. The number of rotatable bonds is 4. The van der Waals surface area contributed by atoms with E-state index in [1.807, 2.05) is 24.3 Å². The maximum atomic E-state index is 11.8. The first kappa shape index (κ1) is 14.4. The molecule has 0 aliphatic carbocycles. The molecule has 0 radical (unpaired) electrons. The van der Waals surface area contributed by atoms with E-state index in [4.69, 9.17) is 4.74 Å². The van der Waals surface area contributed by atoms with Crippen molar-refractivity contribution in [3.63, 3.8) is 0 Å². The number of anilines is 1. The van der Waals surface area contributed by atoms with Crippen molar-refractivity contribution in [3.05, 3.63) is 24.3 Å². The molecule has 0 aromatic heterocycles. The quantitative estimate of drug-likeness (QED) is 0.778. The predicted octanol–water partition coefficient (Wildman–Crippen LogP) is 1.32. The van der Waals surface area contributed by atoms with Gasteiger partial charge in [-0.25, -0.2) is 0 Å². The number of Topliss-reactive ketones (excluding diaryl/α,β-unsaturated/α-hetero) is 1. The summed E-state index contributed by atoms with van der Waals surface area (Å²) >= 11 is 0. The number of carbonyl (C=O) groups is 2. The number of benzene rings is 1. The summed E-state index contributed by atoms with van der Waals surface area (Å²) in [7, 11) is 1.66. The van der Waals surface area contributed by atoms with Gasteiger partial charge in [-0.15, -0.1) is 0 Å². The highest BCUT2D eigenvalue weighted by atomic mass is 16.5. The number of hydrogen-bond donors (Lipinski definition) is 0. The molecule has 1 saturated heterocycles. The fraction of sp³-hybridized carbons (Fsp3) is 0.467. The Morgan fingerprint density at radius 1 is 1.15 bits per heavy atom. The van der Waals surface area contributed by atoms with Gasteiger partial charge in [0.05, 0.1) is 19.2 Å². The van der Waals surface area contributed by atoms with Crippen molar-refractivity contribution in [2.45, 2.75) is 13.3 Å². The Labute approximate surface area is 119 Å². The highest BCUT2D eigenvalue weighted by Crippen LogP contribution is 2.28. The van der Waals surface area contributed by atoms with Gasteiger partial charge in [-0.05, 0) is 19.1 Å². The molecule has 20 heavy (non-hydrogen) atoms. The van der Waals surface area contributed by atoms with E-state index in [0.29, 0.717) is 13.1 Å². The second-order valence-corrected chi connectivity index (χ2v) is 4.92. The molecular weight excluding hydrogens is 256 g/mol. The van der Waals surface area contributed by atoms with Crippen molar-refractivity contribution >= 4 is 17.4 Å². The number of ether oxygens (including phenoxy) is 1. The SMILES string of the molecule is COc1ccccc1N1CCN(C(=O)CC(C)=O)CC1. The number of amides is 1. The van der Waals surface area contributed by atoms with Gasteiger partial charge >= 0.3 is 0 Å². The van der Waals surface area contributed by atoms with Crippen LogP contribution in [0.3, 0.4) is 0 Å². The van der Waals surface area contributed by atoms with Crippen molar-refractivity contribution in [2.24, 2.45) is 0 Å². The van der Waals surface area contributed by atoms with E-state index in [9.17, 15) is 9.59 Å². The Balaban J connectivity index is 1.97. The van der Waals surface area contributed by atoms with Crippen molar-refractivity contribution in [1.29, 1.82) is 0 Å². The number of nitrogens with zero attached hydrogens (tertiary/aromatic N) is 2. The van der Waals surface area contributed by atoms with E-state index in [0.717, 1.165) is 24.5 Å². The first-order valence-corrected chi connectivity index (χ1v) is 6.77. The molecule has 0 spiro atoms. The lowest BCUT2D eigenvalue weighted by atomic mass is 10.2. The number of para-hydroxylation sites is 2. The highest BCUT2D eigenvalue weighted by Gasteiger charge is 2.23. The van der Waals surface area contributed by atoms with Crippen molar-refractivity contribution < 1.29 is 14.3 Å². The topological polar surface area (TPSA) is 49.9 Å². The molecule has 1 aliphatic rings. The first-order valence-electron chi connectivity index (χ1n) is 6.77. The van der Waals surface area contributed by atoms with Crippen molar-refractivity contribution in [2.75, 3.05) is 38.2 Å². The van der Waals surface area contributed by atoms with Crippen LogP contribution in [0.25, 0.3) is 0 Å². The van der Waals surface area contributed by atoms with E-state index in [-0.39, 0.29) is 18.1 Å². The zero-order chi connectivity index (χ0) is 14.5. The van der Waals surface area contributed by atoms with Crippen molar-refractivity contribution in [3.8, 4) is 5.75 Å². The minimum Gasteiger partial charge on any atom is -0.495 e. The van der Waals surface area contributed by atoms with Crippen LogP contribution in [0.5, 0.6) is 5.75 Å². The fourth-order valence-electron chi connectivity index (χ4n) is 2.41. The van der Waals surface area contributed by atoms with Gasteiger partial charge in [0.2, 0.25) is 5.91 Å². The van der Waals surface area contributed by atoms with Crippen LogP contribution in [-0.2, 0) is 9.59 Å². The Morgan fingerprint density at radius 2 is 1.80 bits per heavy atom. The zero-order valence-electron chi connectivity index (χ0n) is 12.0. The molecule has 1 aromatic rings. The van der Waals surface area contributed by atoms with Crippen LogP contribution in [0.4, 0.5) is 5.69 Å². The molecule has 5 heteroatoms. The van der Waals surface area contributed by atoms with E-state index < -0.39 is 0 Å². The van der Waals surface area contributed by atoms with Crippen LogP contribution in [0, 0.1) is 0 Å².